The molecule has 0 unspecified atom stereocenters. The fraction of sp³-hybridized carbons (Fsp3) is 0.160. The molecule has 0 saturated carbocycles. The molecule has 0 spiro atoms. The van der Waals surface area contributed by atoms with Gasteiger partial charge in [-0.2, -0.15) is 14.9 Å². The summed E-state index contributed by atoms with van der Waals surface area (Å²) in [5.41, 5.74) is 4.99. The van der Waals surface area contributed by atoms with Crippen LogP contribution in [0.2, 0.25) is 0 Å². The first-order chi connectivity index (χ1) is 16.5. The number of anilines is 1. The monoisotopic (exact) mass is 453 g/mol. The Bertz CT molecular complexity index is 1530. The zero-order valence-corrected chi connectivity index (χ0v) is 19.3. The van der Waals surface area contributed by atoms with Crippen LogP contribution in [0.3, 0.4) is 0 Å². The number of rotatable bonds is 5. The van der Waals surface area contributed by atoms with E-state index in [4.69, 9.17) is 4.74 Å². The zero-order chi connectivity index (χ0) is 23.8. The van der Waals surface area contributed by atoms with Crippen molar-refractivity contribution in [2.75, 3.05) is 12.4 Å². The second-order valence-corrected chi connectivity index (χ2v) is 8.02. The standard InChI is InChI=1S/C25H23N7O2/c1-15-9-10-20(16(2)11-15)31-23-19(13-28-31)24(27-14-26-23)32-22(12-17(3)30-32)29-25(33)18-7-5-6-8-21(18)34-4/h5-14H,1-4H3,(H,29,33). The lowest BCUT2D eigenvalue weighted by molar-refractivity contribution is 0.102. The van der Waals surface area contributed by atoms with Gasteiger partial charge in [-0.25, -0.2) is 14.6 Å². The van der Waals surface area contributed by atoms with Crippen molar-refractivity contribution in [3.8, 4) is 17.3 Å². The number of para-hydroxylation sites is 1. The summed E-state index contributed by atoms with van der Waals surface area (Å²) < 4.78 is 8.72. The van der Waals surface area contributed by atoms with Crippen molar-refractivity contribution in [2.45, 2.75) is 20.8 Å². The average molecular weight is 454 g/mol. The van der Waals surface area contributed by atoms with Crippen LogP contribution in [0.4, 0.5) is 5.82 Å². The molecular weight excluding hydrogens is 430 g/mol. The molecule has 1 N–H and O–H groups in total. The van der Waals surface area contributed by atoms with Crippen LogP contribution in [0.15, 0.2) is 61.1 Å². The quantitative estimate of drug-likeness (QED) is 0.428. The van der Waals surface area contributed by atoms with E-state index in [0.29, 0.717) is 34.0 Å². The molecule has 1 amide bonds. The van der Waals surface area contributed by atoms with Gasteiger partial charge in [0, 0.05) is 6.07 Å². The molecule has 2 aromatic carbocycles. The molecule has 34 heavy (non-hydrogen) atoms. The molecule has 5 rings (SSSR count). The van der Waals surface area contributed by atoms with Crippen molar-refractivity contribution in [2.24, 2.45) is 0 Å². The minimum Gasteiger partial charge on any atom is -0.496 e. The van der Waals surface area contributed by atoms with Crippen LogP contribution in [-0.2, 0) is 0 Å². The predicted octanol–water partition coefficient (Wildman–Crippen LogP) is 4.19. The fourth-order valence-corrected chi connectivity index (χ4v) is 3.99. The number of methoxy groups -OCH3 is 1. The van der Waals surface area contributed by atoms with E-state index < -0.39 is 0 Å². The van der Waals surface area contributed by atoms with Gasteiger partial charge < -0.3 is 10.1 Å². The molecule has 0 atom stereocenters. The Balaban J connectivity index is 1.58. The highest BCUT2D eigenvalue weighted by Gasteiger charge is 2.19. The first-order valence-corrected chi connectivity index (χ1v) is 10.7. The van der Waals surface area contributed by atoms with E-state index >= 15 is 0 Å². The molecule has 5 aromatic rings. The fourth-order valence-electron chi connectivity index (χ4n) is 3.99. The van der Waals surface area contributed by atoms with Gasteiger partial charge in [-0.05, 0) is 44.5 Å². The summed E-state index contributed by atoms with van der Waals surface area (Å²) in [5.74, 6) is 1.17. The molecule has 170 valence electrons. The third kappa shape index (κ3) is 3.66. The van der Waals surface area contributed by atoms with Gasteiger partial charge in [-0.1, -0.05) is 29.8 Å². The molecule has 0 aliphatic rings. The Morgan fingerprint density at radius 2 is 1.82 bits per heavy atom. The van der Waals surface area contributed by atoms with Crippen molar-refractivity contribution >= 4 is 22.8 Å². The van der Waals surface area contributed by atoms with Gasteiger partial charge in [0.05, 0.1) is 35.6 Å². The van der Waals surface area contributed by atoms with Crippen LogP contribution in [0.5, 0.6) is 5.75 Å². The molecule has 9 nitrogen and oxygen atoms in total. The van der Waals surface area contributed by atoms with Gasteiger partial charge in [0.1, 0.15) is 17.9 Å². The smallest absolute Gasteiger partial charge is 0.260 e. The lowest BCUT2D eigenvalue weighted by Gasteiger charge is -2.11. The zero-order valence-electron chi connectivity index (χ0n) is 19.3. The third-order valence-electron chi connectivity index (χ3n) is 5.55. The first kappa shape index (κ1) is 21.3. The summed E-state index contributed by atoms with van der Waals surface area (Å²) in [7, 11) is 1.53. The minimum absolute atomic E-state index is 0.310. The number of carbonyl (C=O) groups excluding carboxylic acids is 1. The van der Waals surface area contributed by atoms with E-state index in [1.54, 1.807) is 39.8 Å². The third-order valence-corrected chi connectivity index (χ3v) is 5.55. The molecule has 3 heterocycles. The molecule has 0 bridgehead atoms. The molecule has 0 radical (unpaired) electrons. The van der Waals surface area contributed by atoms with Crippen LogP contribution in [0.25, 0.3) is 22.5 Å². The number of fused-ring (bicyclic) bond motifs is 1. The number of amides is 1. The van der Waals surface area contributed by atoms with Gasteiger partial charge in [0.15, 0.2) is 11.5 Å². The molecule has 3 aromatic heterocycles. The number of benzene rings is 2. The van der Waals surface area contributed by atoms with Gasteiger partial charge in [0.25, 0.3) is 5.91 Å². The molecule has 0 aliphatic heterocycles. The molecule has 0 aliphatic carbocycles. The average Bonchev–Trinajstić information content (AvgIpc) is 3.42. The first-order valence-electron chi connectivity index (χ1n) is 10.7. The maximum absolute atomic E-state index is 13.0. The summed E-state index contributed by atoms with van der Waals surface area (Å²) >= 11 is 0. The van der Waals surface area contributed by atoms with E-state index in [9.17, 15) is 4.79 Å². The van der Waals surface area contributed by atoms with Gasteiger partial charge >= 0.3 is 0 Å². The van der Waals surface area contributed by atoms with Gasteiger partial charge in [-0.15, -0.1) is 0 Å². The Morgan fingerprint density at radius 3 is 2.62 bits per heavy atom. The molecule has 9 heteroatoms. The minimum atomic E-state index is -0.310. The summed E-state index contributed by atoms with van der Waals surface area (Å²) in [6.45, 7) is 5.95. The topological polar surface area (TPSA) is 99.8 Å². The van der Waals surface area contributed by atoms with E-state index in [2.05, 4.69) is 38.5 Å². The van der Waals surface area contributed by atoms with Crippen LogP contribution in [0, 0.1) is 20.8 Å². The van der Waals surface area contributed by atoms with Crippen LogP contribution in [-0.4, -0.2) is 42.5 Å². The summed E-state index contributed by atoms with van der Waals surface area (Å²) in [5, 5.41) is 12.8. The van der Waals surface area contributed by atoms with Crippen molar-refractivity contribution in [1.29, 1.82) is 0 Å². The highest BCUT2D eigenvalue weighted by molar-refractivity contribution is 6.06. The Kier molecular flexibility index (Phi) is 5.29. The second kappa shape index (κ2) is 8.43. The number of aryl methyl sites for hydroxylation is 3. The van der Waals surface area contributed by atoms with E-state index in [0.717, 1.165) is 16.9 Å². The van der Waals surface area contributed by atoms with Crippen LogP contribution < -0.4 is 10.1 Å². The largest absolute Gasteiger partial charge is 0.496 e. The SMILES string of the molecule is COc1ccccc1C(=O)Nc1cc(C)nn1-c1ncnc2c1cnn2-c1ccc(C)cc1C. The Labute approximate surface area is 196 Å². The summed E-state index contributed by atoms with van der Waals surface area (Å²) in [6.07, 6.45) is 3.19. The normalized spacial score (nSPS) is 11.1. The maximum Gasteiger partial charge on any atom is 0.260 e. The van der Waals surface area contributed by atoms with Crippen molar-refractivity contribution < 1.29 is 9.53 Å². The second-order valence-electron chi connectivity index (χ2n) is 8.02. The number of nitrogens with zero attached hydrogens (tertiary/aromatic N) is 6. The molecule has 0 fully saturated rings. The van der Waals surface area contributed by atoms with Crippen LogP contribution in [0.1, 0.15) is 27.2 Å². The number of hydrogen-bond donors (Lipinski definition) is 1. The van der Waals surface area contributed by atoms with Crippen molar-refractivity contribution in [1.82, 2.24) is 29.5 Å². The van der Waals surface area contributed by atoms with E-state index in [1.807, 2.05) is 32.0 Å². The Hall–Kier alpha value is -4.53. The molecular formula is C25H23N7O2. The van der Waals surface area contributed by atoms with Gasteiger partial charge in [0.2, 0.25) is 0 Å². The van der Waals surface area contributed by atoms with E-state index in [1.165, 1.54) is 19.0 Å². The van der Waals surface area contributed by atoms with Crippen molar-refractivity contribution in [3.63, 3.8) is 0 Å². The lowest BCUT2D eigenvalue weighted by Crippen LogP contribution is -2.16. The van der Waals surface area contributed by atoms with Gasteiger partial charge in [-0.3, -0.25) is 4.79 Å². The number of carbonyl (C=O) groups is 1. The highest BCUT2D eigenvalue weighted by Crippen LogP contribution is 2.26. The maximum atomic E-state index is 13.0. The summed E-state index contributed by atoms with van der Waals surface area (Å²) in [6, 6.07) is 15.0. The number of nitrogens with one attached hydrogen (secondary N) is 1. The molecule has 0 saturated heterocycles. The Morgan fingerprint density at radius 1 is 1.00 bits per heavy atom. The van der Waals surface area contributed by atoms with E-state index in [-0.39, 0.29) is 5.91 Å². The lowest BCUT2D eigenvalue weighted by atomic mass is 10.1. The number of hydrogen-bond acceptors (Lipinski definition) is 6. The highest BCUT2D eigenvalue weighted by atomic mass is 16.5. The summed E-state index contributed by atoms with van der Waals surface area (Å²) in [4.78, 5) is 22.0. The number of ether oxygens (including phenoxy) is 1. The predicted molar refractivity (Wildman–Crippen MR) is 129 cm³/mol. The van der Waals surface area contributed by atoms with Crippen molar-refractivity contribution in [3.05, 3.63) is 83.4 Å². The number of aromatic nitrogens is 6. The van der Waals surface area contributed by atoms with Crippen LogP contribution >= 0.6 is 0 Å².